The van der Waals surface area contributed by atoms with Gasteiger partial charge in [-0.15, -0.1) is 0 Å². The van der Waals surface area contributed by atoms with E-state index in [-0.39, 0.29) is 11.9 Å². The second-order valence-electron chi connectivity index (χ2n) is 5.55. The van der Waals surface area contributed by atoms with Crippen molar-refractivity contribution in [1.29, 1.82) is 0 Å². The Morgan fingerprint density at radius 3 is 2.37 bits per heavy atom. The molecule has 2 rings (SSSR count). The molecule has 1 aliphatic carbocycles. The standard InChI is InChI=1S/C16H23NO2/c1-12(18)13-8-10-14(11-9-13)19-16-7-5-4-6-15(16)17(2)3/h8-11,15-16H,4-7H2,1-3H3. The van der Waals surface area contributed by atoms with Crippen LogP contribution < -0.4 is 4.74 Å². The van der Waals surface area contributed by atoms with Gasteiger partial charge in [-0.05, 0) is 64.5 Å². The summed E-state index contributed by atoms with van der Waals surface area (Å²) in [5.74, 6) is 0.958. The second-order valence-corrected chi connectivity index (χ2v) is 5.55. The number of ketones is 1. The van der Waals surface area contributed by atoms with E-state index in [1.54, 1.807) is 6.92 Å². The lowest BCUT2D eigenvalue weighted by Gasteiger charge is -2.36. The molecular formula is C16H23NO2. The van der Waals surface area contributed by atoms with Gasteiger partial charge in [0.1, 0.15) is 11.9 Å². The molecule has 0 heterocycles. The molecule has 0 saturated heterocycles. The minimum absolute atomic E-state index is 0.0929. The molecule has 0 aromatic heterocycles. The first-order valence-corrected chi connectivity index (χ1v) is 7.02. The van der Waals surface area contributed by atoms with Gasteiger partial charge in [0.05, 0.1) is 0 Å². The van der Waals surface area contributed by atoms with Gasteiger partial charge in [0.15, 0.2) is 5.78 Å². The number of hydrogen-bond donors (Lipinski definition) is 0. The van der Waals surface area contributed by atoms with E-state index in [0.29, 0.717) is 6.04 Å². The van der Waals surface area contributed by atoms with Gasteiger partial charge in [-0.25, -0.2) is 0 Å². The third kappa shape index (κ3) is 3.57. The number of carbonyl (C=O) groups is 1. The Morgan fingerprint density at radius 1 is 1.16 bits per heavy atom. The predicted octanol–water partition coefficient (Wildman–Crippen LogP) is 3.14. The van der Waals surface area contributed by atoms with Gasteiger partial charge >= 0.3 is 0 Å². The van der Waals surface area contributed by atoms with Crippen LogP contribution in [-0.4, -0.2) is 36.9 Å². The Bertz CT molecular complexity index is 425. The number of benzene rings is 1. The Morgan fingerprint density at radius 2 is 1.79 bits per heavy atom. The van der Waals surface area contributed by atoms with Crippen molar-refractivity contribution in [3.05, 3.63) is 29.8 Å². The van der Waals surface area contributed by atoms with Crippen molar-refractivity contribution < 1.29 is 9.53 Å². The van der Waals surface area contributed by atoms with E-state index in [1.165, 1.54) is 19.3 Å². The van der Waals surface area contributed by atoms with Gasteiger partial charge < -0.3 is 9.64 Å². The van der Waals surface area contributed by atoms with Gasteiger partial charge in [-0.3, -0.25) is 4.79 Å². The first-order valence-electron chi connectivity index (χ1n) is 7.02. The third-order valence-electron chi connectivity index (χ3n) is 3.88. The lowest BCUT2D eigenvalue weighted by atomic mass is 9.91. The lowest BCUT2D eigenvalue weighted by molar-refractivity contribution is 0.0622. The fourth-order valence-corrected chi connectivity index (χ4v) is 2.75. The van der Waals surface area contributed by atoms with Crippen molar-refractivity contribution in [2.75, 3.05) is 14.1 Å². The van der Waals surface area contributed by atoms with E-state index in [0.717, 1.165) is 17.7 Å². The van der Waals surface area contributed by atoms with Crippen LogP contribution in [0.5, 0.6) is 5.75 Å². The topological polar surface area (TPSA) is 29.5 Å². The zero-order valence-corrected chi connectivity index (χ0v) is 12.1. The minimum atomic E-state index is 0.0929. The highest BCUT2D eigenvalue weighted by atomic mass is 16.5. The highest BCUT2D eigenvalue weighted by Gasteiger charge is 2.28. The van der Waals surface area contributed by atoms with Crippen molar-refractivity contribution >= 4 is 5.78 Å². The maximum Gasteiger partial charge on any atom is 0.159 e. The summed E-state index contributed by atoms with van der Waals surface area (Å²) in [6.07, 6.45) is 5.08. The number of carbonyl (C=O) groups excluding carboxylic acids is 1. The van der Waals surface area contributed by atoms with Crippen molar-refractivity contribution in [3.8, 4) is 5.75 Å². The van der Waals surface area contributed by atoms with Crippen molar-refractivity contribution in [2.45, 2.75) is 44.8 Å². The zero-order chi connectivity index (χ0) is 13.8. The number of hydrogen-bond acceptors (Lipinski definition) is 3. The van der Waals surface area contributed by atoms with Crippen LogP contribution in [0, 0.1) is 0 Å². The molecule has 1 aromatic carbocycles. The molecule has 19 heavy (non-hydrogen) atoms. The summed E-state index contributed by atoms with van der Waals surface area (Å²) in [4.78, 5) is 13.5. The number of nitrogens with zero attached hydrogens (tertiary/aromatic N) is 1. The molecule has 0 aliphatic heterocycles. The van der Waals surface area contributed by atoms with E-state index >= 15 is 0 Å². The molecular weight excluding hydrogens is 238 g/mol. The second kappa shape index (κ2) is 6.20. The molecule has 3 nitrogen and oxygen atoms in total. The van der Waals surface area contributed by atoms with Crippen molar-refractivity contribution in [2.24, 2.45) is 0 Å². The molecule has 1 fully saturated rings. The van der Waals surface area contributed by atoms with E-state index in [1.807, 2.05) is 24.3 Å². The highest BCUT2D eigenvalue weighted by molar-refractivity contribution is 5.94. The third-order valence-corrected chi connectivity index (χ3v) is 3.88. The van der Waals surface area contributed by atoms with Gasteiger partial charge in [0.2, 0.25) is 0 Å². The van der Waals surface area contributed by atoms with Gasteiger partial charge in [0, 0.05) is 11.6 Å². The summed E-state index contributed by atoms with van der Waals surface area (Å²) >= 11 is 0. The van der Waals surface area contributed by atoms with Crippen LogP contribution in [0.15, 0.2) is 24.3 Å². The largest absolute Gasteiger partial charge is 0.489 e. The molecule has 0 N–H and O–H groups in total. The van der Waals surface area contributed by atoms with Crippen LogP contribution in [0.2, 0.25) is 0 Å². The molecule has 1 saturated carbocycles. The fourth-order valence-electron chi connectivity index (χ4n) is 2.75. The SMILES string of the molecule is CC(=O)c1ccc(OC2CCCCC2N(C)C)cc1. The van der Waals surface area contributed by atoms with Gasteiger partial charge in [-0.2, -0.15) is 0 Å². The van der Waals surface area contributed by atoms with Crippen molar-refractivity contribution in [3.63, 3.8) is 0 Å². The minimum Gasteiger partial charge on any atom is -0.489 e. The molecule has 1 aromatic rings. The van der Waals surface area contributed by atoms with E-state index in [2.05, 4.69) is 19.0 Å². The maximum atomic E-state index is 11.2. The molecule has 2 unspecified atom stereocenters. The van der Waals surface area contributed by atoms with Gasteiger partial charge in [-0.1, -0.05) is 6.42 Å². The molecule has 0 amide bonds. The summed E-state index contributed by atoms with van der Waals surface area (Å²) in [6.45, 7) is 1.58. The normalized spacial score (nSPS) is 23.4. The van der Waals surface area contributed by atoms with E-state index in [4.69, 9.17) is 4.74 Å². The van der Waals surface area contributed by atoms with Crippen LogP contribution in [0.1, 0.15) is 43.0 Å². The van der Waals surface area contributed by atoms with Crippen LogP contribution in [-0.2, 0) is 0 Å². The highest BCUT2D eigenvalue weighted by Crippen LogP contribution is 2.26. The Labute approximate surface area is 115 Å². The van der Waals surface area contributed by atoms with E-state index in [9.17, 15) is 4.79 Å². The smallest absolute Gasteiger partial charge is 0.159 e. The average molecular weight is 261 g/mol. The average Bonchev–Trinajstić information content (AvgIpc) is 2.39. The molecule has 0 radical (unpaired) electrons. The first kappa shape index (κ1) is 14.1. The molecule has 104 valence electrons. The summed E-state index contributed by atoms with van der Waals surface area (Å²) < 4.78 is 6.11. The molecule has 2 atom stereocenters. The van der Waals surface area contributed by atoms with Crippen LogP contribution in [0.3, 0.4) is 0 Å². The molecule has 3 heteroatoms. The van der Waals surface area contributed by atoms with Crippen LogP contribution in [0.4, 0.5) is 0 Å². The summed E-state index contributed by atoms with van der Waals surface area (Å²) in [7, 11) is 4.23. The first-order chi connectivity index (χ1) is 9.08. The summed E-state index contributed by atoms with van der Waals surface area (Å²) in [6, 6.07) is 7.97. The Kier molecular flexibility index (Phi) is 4.59. The quantitative estimate of drug-likeness (QED) is 0.780. The summed E-state index contributed by atoms with van der Waals surface area (Å²) in [5, 5.41) is 0. The van der Waals surface area contributed by atoms with E-state index < -0.39 is 0 Å². The Balaban J connectivity index is 2.04. The number of Topliss-reactive ketones (excluding diaryl/α,β-unsaturated/α-hetero) is 1. The predicted molar refractivity (Wildman–Crippen MR) is 76.8 cm³/mol. The monoisotopic (exact) mass is 261 g/mol. The Hall–Kier alpha value is -1.35. The molecule has 0 spiro atoms. The molecule has 0 bridgehead atoms. The maximum absolute atomic E-state index is 11.2. The summed E-state index contributed by atoms with van der Waals surface area (Å²) in [5.41, 5.74) is 0.736. The van der Waals surface area contributed by atoms with Crippen LogP contribution >= 0.6 is 0 Å². The van der Waals surface area contributed by atoms with Crippen LogP contribution in [0.25, 0.3) is 0 Å². The van der Waals surface area contributed by atoms with Gasteiger partial charge in [0.25, 0.3) is 0 Å². The zero-order valence-electron chi connectivity index (χ0n) is 12.1. The molecule has 1 aliphatic rings. The van der Waals surface area contributed by atoms with Crippen molar-refractivity contribution in [1.82, 2.24) is 4.90 Å². The number of rotatable bonds is 4. The fraction of sp³-hybridized carbons (Fsp3) is 0.562. The number of ether oxygens (including phenoxy) is 1. The lowest BCUT2D eigenvalue weighted by Crippen LogP contribution is -2.44. The number of likely N-dealkylation sites (N-methyl/N-ethyl adjacent to an activating group) is 1.